The normalized spacial score (nSPS) is 11.1. The highest BCUT2D eigenvalue weighted by Gasteiger charge is 2.03. The molecule has 0 atom stereocenters. The zero-order valence-corrected chi connectivity index (χ0v) is 17.7. The summed E-state index contributed by atoms with van der Waals surface area (Å²) in [7, 11) is 0. The second kappa shape index (κ2) is 16.4. The Morgan fingerprint density at radius 2 is 0.917 bits per heavy atom. The highest BCUT2D eigenvalue weighted by molar-refractivity contribution is 8.02. The van der Waals surface area contributed by atoms with Gasteiger partial charge in [-0.2, -0.15) is 0 Å². The van der Waals surface area contributed by atoms with Crippen molar-refractivity contribution in [1.82, 2.24) is 0 Å². The van der Waals surface area contributed by atoms with E-state index in [1.54, 1.807) is 0 Å². The quantitative estimate of drug-likeness (QED) is 0.212. The summed E-state index contributed by atoms with van der Waals surface area (Å²) in [6.45, 7) is 4.57. The zero-order valence-electron chi connectivity index (χ0n) is 16.0. The molecule has 1 aromatic rings. The van der Waals surface area contributed by atoms with E-state index in [4.69, 9.17) is 0 Å². The Kier molecular flexibility index (Phi) is 15.0. The molecular formula is C22H38S2. The van der Waals surface area contributed by atoms with E-state index in [0.717, 1.165) is 0 Å². The largest absolute Gasteiger partial charge is 0.125 e. The fourth-order valence-corrected chi connectivity index (χ4v) is 5.08. The van der Waals surface area contributed by atoms with Gasteiger partial charge >= 0.3 is 0 Å². The first-order valence-corrected chi connectivity index (χ1v) is 12.2. The second-order valence-corrected chi connectivity index (χ2v) is 8.95. The lowest BCUT2D eigenvalue weighted by Crippen LogP contribution is -1.86. The highest BCUT2D eigenvalue weighted by Crippen LogP contribution is 2.32. The third-order valence-corrected chi connectivity index (χ3v) is 6.81. The van der Waals surface area contributed by atoms with E-state index in [1.165, 1.54) is 98.3 Å². The minimum Gasteiger partial charge on any atom is -0.125 e. The Morgan fingerprint density at radius 3 is 1.33 bits per heavy atom. The third-order valence-electron chi connectivity index (χ3n) is 4.36. The summed E-state index contributed by atoms with van der Waals surface area (Å²) in [6.07, 6.45) is 16.7. The molecule has 0 radical (unpaired) electrons. The predicted octanol–water partition coefficient (Wildman–Crippen LogP) is 8.59. The molecular weight excluding hydrogens is 328 g/mol. The first-order chi connectivity index (χ1) is 11.9. The maximum atomic E-state index is 2.31. The van der Waals surface area contributed by atoms with Crippen LogP contribution >= 0.6 is 23.5 Å². The second-order valence-electron chi connectivity index (χ2n) is 6.68. The standard InChI is InChI=1S/C22H38S2/c1-3-5-7-9-11-15-19-23-21-17-13-14-18-22(21)24-20-16-12-10-8-6-4-2/h13-14,17-18H,3-12,15-16,19-20H2,1-2H3. The van der Waals surface area contributed by atoms with Gasteiger partial charge in [-0.25, -0.2) is 0 Å². The van der Waals surface area contributed by atoms with Gasteiger partial charge in [-0.05, 0) is 36.5 Å². The average molecular weight is 367 g/mol. The molecule has 0 aliphatic carbocycles. The fourth-order valence-electron chi connectivity index (χ4n) is 2.82. The summed E-state index contributed by atoms with van der Waals surface area (Å²) < 4.78 is 0. The first kappa shape index (κ1) is 22.0. The SMILES string of the molecule is CCCCCCCCSc1ccccc1SCCCCCCCC. The van der Waals surface area contributed by atoms with Crippen LogP contribution in [-0.4, -0.2) is 11.5 Å². The third kappa shape index (κ3) is 11.5. The van der Waals surface area contributed by atoms with Crippen LogP contribution in [0.5, 0.6) is 0 Å². The summed E-state index contributed by atoms with van der Waals surface area (Å²) in [4.78, 5) is 3.00. The Morgan fingerprint density at radius 1 is 0.542 bits per heavy atom. The van der Waals surface area contributed by atoms with Crippen molar-refractivity contribution in [3.8, 4) is 0 Å². The lowest BCUT2D eigenvalue weighted by molar-refractivity contribution is 0.626. The predicted molar refractivity (Wildman–Crippen MR) is 115 cm³/mol. The van der Waals surface area contributed by atoms with E-state index < -0.39 is 0 Å². The lowest BCUT2D eigenvalue weighted by Gasteiger charge is -2.09. The van der Waals surface area contributed by atoms with Crippen molar-refractivity contribution in [2.75, 3.05) is 11.5 Å². The van der Waals surface area contributed by atoms with Crippen LogP contribution in [0.2, 0.25) is 0 Å². The molecule has 0 aromatic heterocycles. The molecule has 2 heteroatoms. The average Bonchev–Trinajstić information content (AvgIpc) is 2.61. The van der Waals surface area contributed by atoms with Crippen LogP contribution < -0.4 is 0 Å². The summed E-state index contributed by atoms with van der Waals surface area (Å²) in [6, 6.07) is 9.01. The van der Waals surface area contributed by atoms with E-state index in [0.29, 0.717) is 0 Å². The molecule has 0 unspecified atom stereocenters. The molecule has 0 N–H and O–H groups in total. The molecule has 0 amide bonds. The Hall–Kier alpha value is -0.0800. The zero-order chi connectivity index (χ0) is 17.3. The molecule has 0 bridgehead atoms. The molecule has 1 aromatic carbocycles. The number of benzene rings is 1. The maximum Gasteiger partial charge on any atom is 0.0208 e. The molecule has 0 aliphatic rings. The van der Waals surface area contributed by atoms with Gasteiger partial charge in [-0.3, -0.25) is 0 Å². The molecule has 138 valence electrons. The van der Waals surface area contributed by atoms with Crippen molar-refractivity contribution in [2.24, 2.45) is 0 Å². The minimum atomic E-state index is 1.28. The van der Waals surface area contributed by atoms with E-state index in [9.17, 15) is 0 Å². The van der Waals surface area contributed by atoms with Gasteiger partial charge in [0.25, 0.3) is 0 Å². The van der Waals surface area contributed by atoms with Gasteiger partial charge in [-0.15, -0.1) is 23.5 Å². The molecule has 0 spiro atoms. The molecule has 0 saturated carbocycles. The van der Waals surface area contributed by atoms with Gasteiger partial charge in [0.15, 0.2) is 0 Å². The van der Waals surface area contributed by atoms with Gasteiger partial charge in [0.05, 0.1) is 0 Å². The number of hydrogen-bond donors (Lipinski definition) is 0. The van der Waals surface area contributed by atoms with Crippen molar-refractivity contribution >= 4 is 23.5 Å². The van der Waals surface area contributed by atoms with Crippen molar-refractivity contribution < 1.29 is 0 Å². The number of unbranched alkanes of at least 4 members (excludes halogenated alkanes) is 10. The molecule has 1 rings (SSSR count). The van der Waals surface area contributed by atoms with Gasteiger partial charge in [-0.1, -0.05) is 90.2 Å². The molecule has 0 saturated heterocycles. The fraction of sp³-hybridized carbons (Fsp3) is 0.727. The number of thioether (sulfide) groups is 2. The van der Waals surface area contributed by atoms with Crippen LogP contribution in [0.1, 0.15) is 90.9 Å². The Balaban J connectivity index is 2.14. The monoisotopic (exact) mass is 366 g/mol. The topological polar surface area (TPSA) is 0 Å². The van der Waals surface area contributed by atoms with Gasteiger partial charge < -0.3 is 0 Å². The summed E-state index contributed by atoms with van der Waals surface area (Å²) in [5, 5.41) is 0. The van der Waals surface area contributed by atoms with Gasteiger partial charge in [0.1, 0.15) is 0 Å². The van der Waals surface area contributed by atoms with Crippen LogP contribution in [0.4, 0.5) is 0 Å². The molecule has 24 heavy (non-hydrogen) atoms. The minimum absolute atomic E-state index is 1.28. The Labute approximate surface area is 160 Å². The van der Waals surface area contributed by atoms with Crippen molar-refractivity contribution in [3.05, 3.63) is 24.3 Å². The van der Waals surface area contributed by atoms with E-state index in [2.05, 4.69) is 61.6 Å². The first-order valence-electron chi connectivity index (χ1n) is 10.2. The van der Waals surface area contributed by atoms with Crippen molar-refractivity contribution in [1.29, 1.82) is 0 Å². The van der Waals surface area contributed by atoms with E-state index in [-0.39, 0.29) is 0 Å². The smallest absolute Gasteiger partial charge is 0.0208 e. The summed E-state index contributed by atoms with van der Waals surface area (Å²) in [5.74, 6) is 2.56. The molecule has 0 nitrogen and oxygen atoms in total. The Bertz CT molecular complexity index is 352. The van der Waals surface area contributed by atoms with Crippen molar-refractivity contribution in [2.45, 2.75) is 101 Å². The molecule has 0 fully saturated rings. The van der Waals surface area contributed by atoms with Crippen LogP contribution in [0.25, 0.3) is 0 Å². The van der Waals surface area contributed by atoms with Crippen LogP contribution in [-0.2, 0) is 0 Å². The number of hydrogen-bond acceptors (Lipinski definition) is 2. The van der Waals surface area contributed by atoms with Gasteiger partial charge in [0.2, 0.25) is 0 Å². The highest BCUT2D eigenvalue weighted by atomic mass is 32.2. The molecule has 0 aliphatic heterocycles. The summed E-state index contributed by atoms with van der Waals surface area (Å²) in [5.41, 5.74) is 0. The van der Waals surface area contributed by atoms with E-state index in [1.807, 2.05) is 0 Å². The lowest BCUT2D eigenvalue weighted by atomic mass is 10.1. The van der Waals surface area contributed by atoms with Crippen LogP contribution in [0.15, 0.2) is 34.1 Å². The summed E-state index contributed by atoms with van der Waals surface area (Å²) >= 11 is 4.13. The van der Waals surface area contributed by atoms with Crippen LogP contribution in [0.3, 0.4) is 0 Å². The van der Waals surface area contributed by atoms with E-state index >= 15 is 0 Å². The van der Waals surface area contributed by atoms with Gasteiger partial charge in [0, 0.05) is 9.79 Å². The van der Waals surface area contributed by atoms with Crippen LogP contribution in [0, 0.1) is 0 Å². The maximum absolute atomic E-state index is 2.31. The molecule has 0 heterocycles. The van der Waals surface area contributed by atoms with Crippen molar-refractivity contribution in [3.63, 3.8) is 0 Å². The number of rotatable bonds is 16.